The van der Waals surface area contributed by atoms with E-state index in [2.05, 4.69) is 0 Å². The molecule has 0 aliphatic heterocycles. The Morgan fingerprint density at radius 1 is 1.24 bits per heavy atom. The van der Waals surface area contributed by atoms with Crippen molar-refractivity contribution in [1.29, 1.82) is 0 Å². The third kappa shape index (κ3) is 3.21. The normalized spacial score (nSPS) is 10.5. The number of carbonyl (C=O) groups is 1. The van der Waals surface area contributed by atoms with Crippen LogP contribution in [0.1, 0.15) is 22.3 Å². The molecule has 3 heteroatoms. The van der Waals surface area contributed by atoms with Crippen molar-refractivity contribution in [3.8, 4) is 0 Å². The summed E-state index contributed by atoms with van der Waals surface area (Å²) >= 11 is 5.80. The second kappa shape index (κ2) is 5.19. The van der Waals surface area contributed by atoms with E-state index >= 15 is 0 Å². The topological polar surface area (TPSA) is 22.0 Å². The van der Waals surface area contributed by atoms with Crippen LogP contribution in [-0.2, 0) is 13.5 Å². The molecule has 0 fully saturated rings. The average molecular weight is 248 g/mol. The maximum absolute atomic E-state index is 11.9. The van der Waals surface area contributed by atoms with Crippen molar-refractivity contribution in [3.63, 3.8) is 0 Å². The number of rotatable bonds is 4. The van der Waals surface area contributed by atoms with Gasteiger partial charge in [0.2, 0.25) is 0 Å². The molecule has 88 valence electrons. The smallest absolute Gasteiger partial charge is 0.164 e. The summed E-state index contributed by atoms with van der Waals surface area (Å²) in [6.45, 7) is 0. The van der Waals surface area contributed by atoms with Crippen molar-refractivity contribution < 1.29 is 4.79 Å². The minimum absolute atomic E-state index is 0.181. The molecular formula is C14H14ClNO. The maximum Gasteiger partial charge on any atom is 0.164 e. The molecule has 0 amide bonds. The van der Waals surface area contributed by atoms with Gasteiger partial charge in [0, 0.05) is 36.4 Å². The quantitative estimate of drug-likeness (QED) is 0.758. The van der Waals surface area contributed by atoms with Crippen LogP contribution in [0.25, 0.3) is 0 Å². The van der Waals surface area contributed by atoms with Crippen molar-refractivity contribution in [2.24, 2.45) is 7.05 Å². The summed E-state index contributed by atoms with van der Waals surface area (Å²) in [5.41, 5.74) is 1.92. The Bertz CT molecular complexity index is 513. The molecule has 0 saturated carbocycles. The highest BCUT2D eigenvalue weighted by molar-refractivity contribution is 6.30. The van der Waals surface area contributed by atoms with Crippen LogP contribution in [0, 0.1) is 0 Å². The summed E-state index contributed by atoms with van der Waals surface area (Å²) in [4.78, 5) is 11.9. The van der Waals surface area contributed by atoms with Crippen LogP contribution in [0.4, 0.5) is 0 Å². The van der Waals surface area contributed by atoms with Gasteiger partial charge < -0.3 is 4.57 Å². The van der Waals surface area contributed by atoms with E-state index < -0.39 is 0 Å². The van der Waals surface area contributed by atoms with Gasteiger partial charge in [0.1, 0.15) is 0 Å². The van der Waals surface area contributed by atoms with E-state index in [1.807, 2.05) is 54.3 Å². The minimum Gasteiger partial charge on any atom is -0.357 e. The Morgan fingerprint density at radius 2 is 1.94 bits per heavy atom. The number of ketones is 1. The zero-order valence-electron chi connectivity index (χ0n) is 9.69. The summed E-state index contributed by atoms with van der Waals surface area (Å²) in [7, 11) is 1.91. The first-order valence-electron chi connectivity index (χ1n) is 5.55. The average Bonchev–Trinajstić information content (AvgIpc) is 2.75. The Balaban J connectivity index is 1.94. The van der Waals surface area contributed by atoms with E-state index in [1.54, 1.807) is 0 Å². The van der Waals surface area contributed by atoms with Crippen LogP contribution in [-0.4, -0.2) is 10.4 Å². The molecule has 0 spiro atoms. The molecule has 0 aliphatic rings. The Labute approximate surface area is 106 Å². The number of hydrogen-bond donors (Lipinski definition) is 0. The lowest BCUT2D eigenvalue weighted by atomic mass is 10.1. The van der Waals surface area contributed by atoms with Gasteiger partial charge in [-0.3, -0.25) is 4.79 Å². The zero-order valence-corrected chi connectivity index (χ0v) is 10.4. The molecule has 1 heterocycles. The fraction of sp³-hybridized carbons (Fsp3) is 0.214. The van der Waals surface area contributed by atoms with Gasteiger partial charge in [-0.2, -0.15) is 0 Å². The molecule has 17 heavy (non-hydrogen) atoms. The first kappa shape index (κ1) is 11.9. The van der Waals surface area contributed by atoms with E-state index in [9.17, 15) is 4.79 Å². The summed E-state index contributed by atoms with van der Waals surface area (Å²) in [5, 5.41) is 0.725. The lowest BCUT2D eigenvalue weighted by Gasteiger charge is -2.00. The number of carbonyl (C=O) groups excluding carboxylic acids is 1. The van der Waals surface area contributed by atoms with Gasteiger partial charge in [0.15, 0.2) is 5.78 Å². The molecule has 2 nitrogen and oxygen atoms in total. The summed E-state index contributed by atoms with van der Waals surface area (Å²) < 4.78 is 1.88. The highest BCUT2D eigenvalue weighted by Crippen LogP contribution is 2.12. The van der Waals surface area contributed by atoms with Gasteiger partial charge in [0.05, 0.1) is 0 Å². The lowest BCUT2D eigenvalue weighted by molar-refractivity contribution is 0.0983. The van der Waals surface area contributed by atoms with Gasteiger partial charge in [0.25, 0.3) is 0 Å². The highest BCUT2D eigenvalue weighted by Gasteiger charge is 2.06. The van der Waals surface area contributed by atoms with Gasteiger partial charge in [-0.15, -0.1) is 0 Å². The largest absolute Gasteiger partial charge is 0.357 e. The van der Waals surface area contributed by atoms with Crippen molar-refractivity contribution >= 4 is 17.4 Å². The van der Waals surface area contributed by atoms with Gasteiger partial charge >= 0.3 is 0 Å². The lowest BCUT2D eigenvalue weighted by Crippen LogP contribution is -2.00. The van der Waals surface area contributed by atoms with Gasteiger partial charge in [-0.05, 0) is 30.2 Å². The number of aromatic nitrogens is 1. The maximum atomic E-state index is 11.9. The van der Waals surface area contributed by atoms with Gasteiger partial charge in [-0.25, -0.2) is 0 Å². The minimum atomic E-state index is 0.181. The molecule has 0 radical (unpaired) electrons. The van der Waals surface area contributed by atoms with Crippen LogP contribution >= 0.6 is 11.6 Å². The third-order valence-corrected chi connectivity index (χ3v) is 2.96. The van der Waals surface area contributed by atoms with Crippen molar-refractivity contribution in [2.75, 3.05) is 0 Å². The molecule has 0 saturated heterocycles. The molecule has 0 bridgehead atoms. The molecule has 1 aromatic heterocycles. The van der Waals surface area contributed by atoms with Crippen LogP contribution < -0.4 is 0 Å². The van der Waals surface area contributed by atoms with Crippen LogP contribution in [0.2, 0.25) is 5.02 Å². The SMILES string of the molecule is Cn1ccc(C(=O)CCc2ccc(Cl)cc2)c1. The number of benzene rings is 1. The number of hydrogen-bond acceptors (Lipinski definition) is 1. The second-order valence-corrected chi connectivity index (χ2v) is 4.55. The molecule has 2 aromatic rings. The van der Waals surface area contributed by atoms with Crippen LogP contribution in [0.5, 0.6) is 0 Å². The van der Waals surface area contributed by atoms with Gasteiger partial charge in [-0.1, -0.05) is 23.7 Å². The molecule has 0 N–H and O–H groups in total. The van der Waals surface area contributed by atoms with Crippen molar-refractivity contribution in [2.45, 2.75) is 12.8 Å². The number of Topliss-reactive ketones (excluding diaryl/α,β-unsaturated/α-hetero) is 1. The van der Waals surface area contributed by atoms with Crippen LogP contribution in [0.15, 0.2) is 42.7 Å². The second-order valence-electron chi connectivity index (χ2n) is 4.12. The standard InChI is InChI=1S/C14H14ClNO/c1-16-9-8-12(10-16)14(17)7-4-11-2-5-13(15)6-3-11/h2-3,5-6,8-10H,4,7H2,1H3. The van der Waals surface area contributed by atoms with E-state index in [-0.39, 0.29) is 5.78 Å². The number of nitrogens with zero attached hydrogens (tertiary/aromatic N) is 1. The molecule has 0 aliphatic carbocycles. The first-order chi connectivity index (χ1) is 8.15. The van der Waals surface area contributed by atoms with E-state index in [0.29, 0.717) is 6.42 Å². The monoisotopic (exact) mass is 247 g/mol. The Hall–Kier alpha value is -1.54. The summed E-state index contributed by atoms with van der Waals surface area (Å²) in [6, 6.07) is 9.47. The summed E-state index contributed by atoms with van der Waals surface area (Å²) in [6.07, 6.45) is 5.02. The number of halogens is 1. The highest BCUT2D eigenvalue weighted by atomic mass is 35.5. The first-order valence-corrected chi connectivity index (χ1v) is 5.92. The van der Waals surface area contributed by atoms with E-state index in [4.69, 9.17) is 11.6 Å². The predicted octanol–water partition coefficient (Wildman–Crippen LogP) is 3.49. The summed E-state index contributed by atoms with van der Waals surface area (Å²) in [5.74, 6) is 0.181. The fourth-order valence-corrected chi connectivity index (χ4v) is 1.85. The predicted molar refractivity (Wildman–Crippen MR) is 69.5 cm³/mol. The molecule has 0 atom stereocenters. The van der Waals surface area contributed by atoms with Crippen LogP contribution in [0.3, 0.4) is 0 Å². The fourth-order valence-electron chi connectivity index (χ4n) is 1.72. The Kier molecular flexibility index (Phi) is 3.64. The molecular weight excluding hydrogens is 234 g/mol. The van der Waals surface area contributed by atoms with Crippen molar-refractivity contribution in [3.05, 3.63) is 58.9 Å². The molecule has 0 unspecified atom stereocenters. The number of aryl methyl sites for hydroxylation is 2. The Morgan fingerprint density at radius 3 is 2.53 bits per heavy atom. The van der Waals surface area contributed by atoms with E-state index in [1.165, 1.54) is 0 Å². The van der Waals surface area contributed by atoms with Crippen molar-refractivity contribution in [1.82, 2.24) is 4.57 Å². The molecule has 2 rings (SSSR count). The third-order valence-electron chi connectivity index (χ3n) is 2.71. The molecule has 1 aromatic carbocycles. The van der Waals surface area contributed by atoms with E-state index in [0.717, 1.165) is 22.6 Å². The zero-order chi connectivity index (χ0) is 12.3.